The lowest BCUT2D eigenvalue weighted by molar-refractivity contribution is -0.121. The fraction of sp³-hybridized carbons (Fsp3) is 0.462. The highest BCUT2D eigenvalue weighted by Crippen LogP contribution is 2.27. The number of nitrogens with one attached hydrogen (secondary N) is 1. The first-order chi connectivity index (χ1) is 8.16. The molecule has 0 aromatic heterocycles. The van der Waals surface area contributed by atoms with Crippen molar-refractivity contribution in [1.29, 1.82) is 0 Å². The first-order valence-corrected chi connectivity index (χ1v) is 6.99. The Bertz CT molecular complexity index is 402. The number of hydrogen-bond donors (Lipinski definition) is 2. The molecule has 0 saturated carbocycles. The van der Waals surface area contributed by atoms with E-state index in [2.05, 4.69) is 5.32 Å². The van der Waals surface area contributed by atoms with Gasteiger partial charge in [0.2, 0.25) is 5.91 Å². The van der Waals surface area contributed by atoms with Gasteiger partial charge in [-0.25, -0.2) is 0 Å². The van der Waals surface area contributed by atoms with Gasteiger partial charge in [0.15, 0.2) is 0 Å². The molecule has 0 spiro atoms. The highest BCUT2D eigenvalue weighted by molar-refractivity contribution is 8.00. The van der Waals surface area contributed by atoms with E-state index < -0.39 is 0 Å². The van der Waals surface area contributed by atoms with E-state index in [1.807, 2.05) is 31.2 Å². The molecule has 0 aliphatic carbocycles. The van der Waals surface area contributed by atoms with Gasteiger partial charge in [0.1, 0.15) is 0 Å². The fourth-order valence-corrected chi connectivity index (χ4v) is 3.17. The van der Waals surface area contributed by atoms with Crippen LogP contribution in [0.3, 0.4) is 0 Å². The first-order valence-electron chi connectivity index (χ1n) is 5.94. The Morgan fingerprint density at radius 3 is 3.06 bits per heavy atom. The van der Waals surface area contributed by atoms with E-state index in [0.717, 1.165) is 29.8 Å². The zero-order valence-corrected chi connectivity index (χ0v) is 10.8. The molecule has 1 aliphatic rings. The Kier molecular flexibility index (Phi) is 3.94. The van der Waals surface area contributed by atoms with Crippen molar-refractivity contribution >= 4 is 23.4 Å². The lowest BCUT2D eigenvalue weighted by Crippen LogP contribution is -2.33. The molecule has 2 unspecified atom stereocenters. The van der Waals surface area contributed by atoms with E-state index in [0.29, 0.717) is 0 Å². The van der Waals surface area contributed by atoms with Crippen LogP contribution in [0.1, 0.15) is 31.4 Å². The molecule has 2 atom stereocenters. The van der Waals surface area contributed by atoms with Crippen molar-refractivity contribution in [2.75, 3.05) is 11.5 Å². The molecule has 1 fully saturated rings. The van der Waals surface area contributed by atoms with Crippen LogP contribution in [0.25, 0.3) is 0 Å². The van der Waals surface area contributed by atoms with E-state index in [1.54, 1.807) is 11.8 Å². The summed E-state index contributed by atoms with van der Waals surface area (Å²) in [7, 11) is 0. The van der Waals surface area contributed by atoms with Gasteiger partial charge in [0.25, 0.3) is 0 Å². The molecule has 3 N–H and O–H groups in total. The molecule has 1 aliphatic heterocycles. The quantitative estimate of drug-likeness (QED) is 0.810. The van der Waals surface area contributed by atoms with Crippen LogP contribution in [0.5, 0.6) is 0 Å². The molecule has 0 bridgehead atoms. The van der Waals surface area contributed by atoms with Gasteiger partial charge >= 0.3 is 0 Å². The minimum atomic E-state index is 0.0206. The lowest BCUT2D eigenvalue weighted by Gasteiger charge is -2.17. The van der Waals surface area contributed by atoms with Crippen molar-refractivity contribution in [2.45, 2.75) is 31.1 Å². The number of nitrogen functional groups attached to an aromatic ring is 1. The predicted molar refractivity (Wildman–Crippen MR) is 72.9 cm³/mol. The maximum Gasteiger partial charge on any atom is 0.233 e. The average Bonchev–Trinajstić information content (AvgIpc) is 2.82. The number of rotatable bonds is 3. The summed E-state index contributed by atoms with van der Waals surface area (Å²) in [5, 5.41) is 3.19. The summed E-state index contributed by atoms with van der Waals surface area (Å²) in [6.45, 7) is 1.99. The van der Waals surface area contributed by atoms with Gasteiger partial charge in [-0.3, -0.25) is 4.79 Å². The highest BCUT2D eigenvalue weighted by Gasteiger charge is 2.24. The van der Waals surface area contributed by atoms with Gasteiger partial charge in [-0.2, -0.15) is 0 Å². The fourth-order valence-electron chi connectivity index (χ4n) is 2.00. The normalized spacial score (nSPS) is 21.1. The van der Waals surface area contributed by atoms with Gasteiger partial charge in [-0.1, -0.05) is 12.1 Å². The Balaban J connectivity index is 1.96. The van der Waals surface area contributed by atoms with Crippen LogP contribution < -0.4 is 11.1 Å². The van der Waals surface area contributed by atoms with Gasteiger partial charge in [0.05, 0.1) is 11.3 Å². The number of anilines is 1. The second kappa shape index (κ2) is 5.45. The van der Waals surface area contributed by atoms with Crippen molar-refractivity contribution in [3.05, 3.63) is 29.8 Å². The molecule has 2 rings (SSSR count). The zero-order chi connectivity index (χ0) is 12.3. The lowest BCUT2D eigenvalue weighted by atomic mass is 10.1. The largest absolute Gasteiger partial charge is 0.399 e. The van der Waals surface area contributed by atoms with Gasteiger partial charge < -0.3 is 11.1 Å². The number of hydrogen-bond acceptors (Lipinski definition) is 3. The third-order valence-electron chi connectivity index (χ3n) is 2.99. The Morgan fingerprint density at radius 1 is 1.59 bits per heavy atom. The molecule has 1 saturated heterocycles. The second-order valence-corrected chi connectivity index (χ2v) is 5.71. The summed E-state index contributed by atoms with van der Waals surface area (Å²) in [4.78, 5) is 12.0. The third kappa shape index (κ3) is 3.16. The van der Waals surface area contributed by atoms with Crippen molar-refractivity contribution in [3.63, 3.8) is 0 Å². The summed E-state index contributed by atoms with van der Waals surface area (Å²) in [5.74, 6) is 1.26. The van der Waals surface area contributed by atoms with E-state index in [9.17, 15) is 4.79 Å². The Morgan fingerprint density at radius 2 is 2.41 bits per heavy atom. The van der Waals surface area contributed by atoms with Crippen molar-refractivity contribution < 1.29 is 4.79 Å². The summed E-state index contributed by atoms with van der Waals surface area (Å²) in [6, 6.07) is 7.69. The maximum absolute atomic E-state index is 12.0. The highest BCUT2D eigenvalue weighted by atomic mass is 32.2. The smallest absolute Gasteiger partial charge is 0.233 e. The van der Waals surface area contributed by atoms with Crippen LogP contribution in [0.15, 0.2) is 24.3 Å². The molecule has 4 heteroatoms. The van der Waals surface area contributed by atoms with Crippen LogP contribution >= 0.6 is 11.8 Å². The number of carbonyl (C=O) groups is 1. The number of thioether (sulfide) groups is 1. The Hall–Kier alpha value is -1.16. The number of benzene rings is 1. The van der Waals surface area contributed by atoms with E-state index in [-0.39, 0.29) is 17.2 Å². The molecule has 3 nitrogen and oxygen atoms in total. The standard InChI is InChI=1S/C13H18N2OS/c1-9(10-4-2-5-11(14)8-10)15-13(16)12-6-3-7-17-12/h2,4-5,8-9,12H,3,6-7,14H2,1H3,(H,15,16). The number of nitrogens with two attached hydrogens (primary N) is 1. The van der Waals surface area contributed by atoms with Crippen LogP contribution in [-0.4, -0.2) is 16.9 Å². The first kappa shape index (κ1) is 12.3. The van der Waals surface area contributed by atoms with Gasteiger partial charge in [-0.15, -0.1) is 11.8 Å². The molecular formula is C13H18N2OS. The van der Waals surface area contributed by atoms with Crippen molar-refractivity contribution in [2.24, 2.45) is 0 Å². The minimum absolute atomic E-state index is 0.0206. The molecular weight excluding hydrogens is 232 g/mol. The molecule has 0 radical (unpaired) electrons. The predicted octanol–water partition coefficient (Wildman–Crippen LogP) is 2.34. The van der Waals surface area contributed by atoms with Gasteiger partial charge in [-0.05, 0) is 43.2 Å². The van der Waals surface area contributed by atoms with E-state index >= 15 is 0 Å². The number of carbonyl (C=O) groups excluding carboxylic acids is 1. The molecule has 92 valence electrons. The summed E-state index contributed by atoms with van der Waals surface area (Å²) in [6.07, 6.45) is 2.15. The summed E-state index contributed by atoms with van der Waals surface area (Å²) < 4.78 is 0. The zero-order valence-electron chi connectivity index (χ0n) is 9.98. The summed E-state index contributed by atoms with van der Waals surface area (Å²) >= 11 is 1.75. The molecule has 1 aromatic carbocycles. The third-order valence-corrected chi connectivity index (χ3v) is 4.37. The molecule has 17 heavy (non-hydrogen) atoms. The number of amides is 1. The summed E-state index contributed by atoms with van der Waals surface area (Å²) in [5.41, 5.74) is 7.52. The maximum atomic E-state index is 12.0. The second-order valence-electron chi connectivity index (χ2n) is 4.40. The van der Waals surface area contributed by atoms with Gasteiger partial charge in [0, 0.05) is 5.69 Å². The minimum Gasteiger partial charge on any atom is -0.399 e. The van der Waals surface area contributed by atoms with Crippen LogP contribution in [0.4, 0.5) is 5.69 Å². The van der Waals surface area contributed by atoms with Crippen LogP contribution in [0, 0.1) is 0 Å². The van der Waals surface area contributed by atoms with E-state index in [4.69, 9.17) is 5.73 Å². The van der Waals surface area contributed by atoms with Crippen molar-refractivity contribution in [3.8, 4) is 0 Å². The van der Waals surface area contributed by atoms with Crippen LogP contribution in [-0.2, 0) is 4.79 Å². The molecule has 1 aromatic rings. The Labute approximate surface area is 106 Å². The molecule has 1 amide bonds. The SMILES string of the molecule is CC(NC(=O)C1CCCS1)c1cccc(N)c1. The van der Waals surface area contributed by atoms with Crippen LogP contribution in [0.2, 0.25) is 0 Å². The topological polar surface area (TPSA) is 55.1 Å². The van der Waals surface area contributed by atoms with E-state index in [1.165, 1.54) is 0 Å². The average molecular weight is 250 g/mol. The monoisotopic (exact) mass is 250 g/mol. The molecule has 1 heterocycles. The van der Waals surface area contributed by atoms with Crippen molar-refractivity contribution in [1.82, 2.24) is 5.32 Å².